The Kier molecular flexibility index (Phi) is 7.34. The van der Waals surface area contributed by atoms with Gasteiger partial charge in [-0.2, -0.15) is 23.1 Å². The van der Waals surface area contributed by atoms with Gasteiger partial charge in [0.2, 0.25) is 0 Å². The molecule has 0 saturated carbocycles. The third-order valence-electron chi connectivity index (χ3n) is 9.70. The van der Waals surface area contributed by atoms with E-state index in [9.17, 15) is 13.2 Å². The highest BCUT2D eigenvalue weighted by atomic mass is 19.4. The van der Waals surface area contributed by atoms with Gasteiger partial charge >= 0.3 is 12.2 Å². The van der Waals surface area contributed by atoms with Gasteiger partial charge in [0.15, 0.2) is 5.82 Å². The summed E-state index contributed by atoms with van der Waals surface area (Å²) < 4.78 is 71.3. The molecule has 6 heterocycles. The number of anilines is 2. The van der Waals surface area contributed by atoms with E-state index < -0.39 is 40.5 Å². The predicted octanol–water partition coefficient (Wildman–Crippen LogP) is 4.68. The van der Waals surface area contributed by atoms with E-state index in [2.05, 4.69) is 40.1 Å². The molecule has 2 bridgehead atoms. The maximum absolute atomic E-state index is 15.6. The molecule has 0 radical (unpaired) electrons. The number of aromatic nitrogens is 2. The van der Waals surface area contributed by atoms with Gasteiger partial charge in [-0.15, -0.1) is 5.92 Å². The zero-order chi connectivity index (χ0) is 31.7. The minimum atomic E-state index is -4.89. The smallest absolute Gasteiger partial charge is 0.418 e. The summed E-state index contributed by atoms with van der Waals surface area (Å²) in [6, 6.07) is 1.69. The number of nitrogen functional groups attached to an aromatic ring is 1. The van der Waals surface area contributed by atoms with Crippen LogP contribution < -0.4 is 20.7 Å². The Morgan fingerprint density at radius 1 is 1.16 bits per heavy atom. The molecule has 4 saturated heterocycles. The Bertz CT molecular complexity index is 1610. The maximum atomic E-state index is 15.6. The monoisotopic (exact) mass is 624 g/mol. The van der Waals surface area contributed by atoms with Crippen LogP contribution >= 0.6 is 0 Å². The minimum Gasteiger partial charge on any atom is -0.461 e. The standard InChI is InChI=1S/C33H36F4N6O2/c1-4-5-20-8-24(38)29(34)27(28(20)33(35,36)37)26-9-25-23(16-44-26)30(42-14-21-6-7-22(15-42)39-21)41-31(40-25)45-17-32-10-18(2)12-43(32)13-19(3)11-32/h8,21-22,26,39H,2-3,6-7,9-17,38H2,1H3. The third-order valence-corrected chi connectivity index (χ3v) is 9.70. The lowest BCUT2D eigenvalue weighted by Crippen LogP contribution is -2.52. The molecule has 3 unspecified atom stereocenters. The zero-order valence-electron chi connectivity index (χ0n) is 25.2. The van der Waals surface area contributed by atoms with Crippen LogP contribution in [0, 0.1) is 17.7 Å². The Balaban J connectivity index is 1.27. The Morgan fingerprint density at radius 2 is 1.84 bits per heavy atom. The van der Waals surface area contributed by atoms with Gasteiger partial charge in [-0.05, 0) is 38.7 Å². The van der Waals surface area contributed by atoms with E-state index in [1.165, 1.54) is 6.92 Å². The number of nitrogens with zero attached hydrogens (tertiary/aromatic N) is 4. The number of piperazine rings is 1. The van der Waals surface area contributed by atoms with Gasteiger partial charge in [0.1, 0.15) is 12.4 Å². The Hall–Kier alpha value is -3.66. The summed E-state index contributed by atoms with van der Waals surface area (Å²) in [5.74, 6) is 4.41. The second-order valence-electron chi connectivity index (χ2n) is 13.0. The predicted molar refractivity (Wildman–Crippen MR) is 161 cm³/mol. The van der Waals surface area contributed by atoms with E-state index in [-0.39, 0.29) is 24.6 Å². The molecule has 4 fully saturated rings. The first-order chi connectivity index (χ1) is 21.4. The highest BCUT2D eigenvalue weighted by Crippen LogP contribution is 2.46. The molecule has 0 aliphatic carbocycles. The van der Waals surface area contributed by atoms with E-state index in [1.807, 2.05) is 0 Å². The van der Waals surface area contributed by atoms with Crippen LogP contribution in [-0.2, 0) is 23.9 Å². The zero-order valence-corrected chi connectivity index (χ0v) is 25.2. The molecule has 3 atom stereocenters. The normalized spacial score (nSPS) is 25.6. The van der Waals surface area contributed by atoms with Crippen molar-refractivity contribution in [3.05, 3.63) is 64.1 Å². The van der Waals surface area contributed by atoms with Crippen molar-refractivity contribution in [3.63, 3.8) is 0 Å². The molecular formula is C33H36F4N6O2. The van der Waals surface area contributed by atoms with Gasteiger partial charge < -0.3 is 25.4 Å². The molecule has 238 valence electrons. The van der Waals surface area contributed by atoms with Crippen LogP contribution in [0.2, 0.25) is 0 Å². The number of alkyl halides is 3. The van der Waals surface area contributed by atoms with Gasteiger partial charge in [0.05, 0.1) is 35.2 Å². The van der Waals surface area contributed by atoms with E-state index in [1.54, 1.807) is 0 Å². The number of nitrogens with two attached hydrogens (primary N) is 1. The van der Waals surface area contributed by atoms with Crippen LogP contribution in [0.25, 0.3) is 0 Å². The van der Waals surface area contributed by atoms with Crippen molar-refractivity contribution in [2.24, 2.45) is 0 Å². The van der Waals surface area contributed by atoms with Crippen LogP contribution in [0.4, 0.5) is 29.1 Å². The fraction of sp³-hybridized carbons (Fsp3) is 0.515. The SMILES string of the molecule is C=C1CN2CC(=C)CC2(COc2nc3c(c(N4CC5CCC(C4)N5)n2)COC(c2c(F)c(N)cc(C#CC)c2C(F)(F)F)C3)C1. The molecule has 2 aromatic rings. The average Bonchev–Trinajstić information content (AvgIpc) is 3.58. The maximum Gasteiger partial charge on any atom is 0.418 e. The molecule has 1 aromatic carbocycles. The lowest BCUT2D eigenvalue weighted by atomic mass is 9.90. The summed E-state index contributed by atoms with van der Waals surface area (Å²) in [5, 5.41) is 3.61. The van der Waals surface area contributed by atoms with Gasteiger partial charge in [-0.25, -0.2) is 4.39 Å². The number of hydrogen-bond acceptors (Lipinski definition) is 8. The molecule has 5 aliphatic rings. The molecule has 0 amide bonds. The largest absolute Gasteiger partial charge is 0.461 e. The van der Waals surface area contributed by atoms with E-state index in [4.69, 9.17) is 25.2 Å². The number of nitrogens with one attached hydrogen (secondary N) is 1. The highest BCUT2D eigenvalue weighted by molar-refractivity contribution is 5.59. The molecule has 12 heteroatoms. The number of halogens is 4. The highest BCUT2D eigenvalue weighted by Gasteiger charge is 2.48. The van der Waals surface area contributed by atoms with E-state index in [0.717, 1.165) is 69.1 Å². The van der Waals surface area contributed by atoms with Crippen LogP contribution in [0.5, 0.6) is 6.01 Å². The number of hydrogen-bond donors (Lipinski definition) is 2. The number of fused-ring (bicyclic) bond motifs is 4. The second-order valence-corrected chi connectivity index (χ2v) is 13.0. The van der Waals surface area contributed by atoms with Crippen molar-refractivity contribution < 1.29 is 27.0 Å². The minimum absolute atomic E-state index is 0.0907. The first-order valence-corrected chi connectivity index (χ1v) is 15.3. The van der Waals surface area contributed by atoms with Crippen LogP contribution in [-0.4, -0.2) is 65.3 Å². The molecule has 0 spiro atoms. The first kappa shape index (κ1) is 30.0. The quantitative estimate of drug-likeness (QED) is 0.215. The summed E-state index contributed by atoms with van der Waals surface area (Å²) in [6.07, 6.45) is -2.64. The molecule has 5 aliphatic heterocycles. The molecular weight excluding hydrogens is 588 g/mol. The Morgan fingerprint density at radius 3 is 2.49 bits per heavy atom. The molecule has 7 rings (SSSR count). The summed E-state index contributed by atoms with van der Waals surface area (Å²) >= 11 is 0. The van der Waals surface area contributed by atoms with Gasteiger partial charge in [-0.1, -0.05) is 30.2 Å². The van der Waals surface area contributed by atoms with Crippen molar-refractivity contribution in [1.29, 1.82) is 0 Å². The fourth-order valence-corrected chi connectivity index (χ4v) is 7.91. The molecule has 8 nitrogen and oxygen atoms in total. The van der Waals surface area contributed by atoms with Gasteiger partial charge in [-0.3, -0.25) is 4.90 Å². The fourth-order valence-electron chi connectivity index (χ4n) is 7.91. The number of rotatable bonds is 5. The van der Waals surface area contributed by atoms with Crippen LogP contribution in [0.3, 0.4) is 0 Å². The number of ether oxygens (including phenoxy) is 2. The molecule has 3 N–H and O–H groups in total. The summed E-state index contributed by atoms with van der Waals surface area (Å²) in [6.45, 7) is 13.0. The van der Waals surface area contributed by atoms with Crippen molar-refractivity contribution in [3.8, 4) is 17.9 Å². The molecule has 1 aromatic heterocycles. The third kappa shape index (κ3) is 5.34. The van der Waals surface area contributed by atoms with E-state index in [0.29, 0.717) is 35.8 Å². The van der Waals surface area contributed by atoms with Crippen molar-refractivity contribution >= 4 is 11.5 Å². The summed E-state index contributed by atoms with van der Waals surface area (Å²) in [7, 11) is 0. The van der Waals surface area contributed by atoms with Crippen molar-refractivity contribution in [1.82, 2.24) is 20.2 Å². The van der Waals surface area contributed by atoms with Crippen LogP contribution in [0.15, 0.2) is 30.4 Å². The van der Waals surface area contributed by atoms with Crippen molar-refractivity contribution in [2.75, 3.05) is 43.4 Å². The van der Waals surface area contributed by atoms with Gasteiger partial charge in [0.25, 0.3) is 0 Å². The summed E-state index contributed by atoms with van der Waals surface area (Å²) in [4.78, 5) is 14.1. The molecule has 45 heavy (non-hydrogen) atoms. The summed E-state index contributed by atoms with van der Waals surface area (Å²) in [5.41, 5.74) is 6.34. The first-order valence-electron chi connectivity index (χ1n) is 15.3. The second kappa shape index (κ2) is 11.0. The number of benzene rings is 1. The van der Waals surface area contributed by atoms with Crippen molar-refractivity contribution in [2.45, 2.75) is 75.5 Å². The Labute approximate surface area is 259 Å². The lowest BCUT2D eigenvalue weighted by Gasteiger charge is -2.37. The lowest BCUT2D eigenvalue weighted by molar-refractivity contribution is -0.140. The van der Waals surface area contributed by atoms with E-state index >= 15 is 4.39 Å². The van der Waals surface area contributed by atoms with Gasteiger partial charge in [0, 0.05) is 61.4 Å². The average molecular weight is 625 g/mol. The topological polar surface area (TPSA) is 88.8 Å². The van der Waals surface area contributed by atoms with Crippen LogP contribution in [0.1, 0.15) is 66.7 Å².